The molecular weight excluding hydrogens is 296 g/mol. The summed E-state index contributed by atoms with van der Waals surface area (Å²) in [6, 6.07) is 4.86. The predicted molar refractivity (Wildman–Crippen MR) is 62.7 cm³/mol. The number of esters is 1. The molecule has 0 bridgehead atoms. The third-order valence-corrected chi connectivity index (χ3v) is 2.40. The molecule has 1 rings (SSSR count). The zero-order valence-electron chi connectivity index (χ0n) is 8.99. The quantitative estimate of drug-likeness (QED) is 0.803. The summed E-state index contributed by atoms with van der Waals surface area (Å²) in [6.07, 6.45) is 1.94. The lowest BCUT2D eigenvalue weighted by Gasteiger charge is -2.10. The van der Waals surface area contributed by atoms with Gasteiger partial charge in [-0.25, -0.2) is 4.79 Å². The summed E-state index contributed by atoms with van der Waals surface area (Å²) >= 11 is 2.95. The standard InChI is InChI=1S/C11H10BrF2NO2/c1-2-17-10(16)11(13,14)7-8(12)9-5-3-4-6-15-9/h3-7H,2H2,1H3/b8-7-. The fourth-order valence-corrected chi connectivity index (χ4v) is 1.55. The summed E-state index contributed by atoms with van der Waals surface area (Å²) in [5.41, 5.74) is 0.316. The molecule has 0 amide bonds. The summed E-state index contributed by atoms with van der Waals surface area (Å²) in [7, 11) is 0. The molecule has 3 nitrogen and oxygen atoms in total. The van der Waals surface area contributed by atoms with Gasteiger partial charge in [-0.05, 0) is 35.0 Å². The van der Waals surface area contributed by atoms with Crippen LogP contribution >= 0.6 is 15.9 Å². The molecule has 0 atom stereocenters. The summed E-state index contributed by atoms with van der Waals surface area (Å²) in [4.78, 5) is 14.8. The first kappa shape index (κ1) is 13.8. The number of carbonyl (C=O) groups is 1. The van der Waals surface area contributed by atoms with Gasteiger partial charge in [-0.1, -0.05) is 6.07 Å². The van der Waals surface area contributed by atoms with Crippen LogP contribution in [0.1, 0.15) is 12.6 Å². The Morgan fingerprint density at radius 2 is 2.29 bits per heavy atom. The Morgan fingerprint density at radius 1 is 1.59 bits per heavy atom. The third kappa shape index (κ3) is 3.89. The van der Waals surface area contributed by atoms with Crippen LogP contribution in [0.5, 0.6) is 0 Å². The Morgan fingerprint density at radius 3 is 2.82 bits per heavy atom. The van der Waals surface area contributed by atoms with Crippen molar-refractivity contribution < 1.29 is 18.3 Å². The van der Waals surface area contributed by atoms with Gasteiger partial charge >= 0.3 is 11.9 Å². The first-order valence-corrected chi connectivity index (χ1v) is 5.61. The maximum atomic E-state index is 13.3. The van der Waals surface area contributed by atoms with Crippen LogP contribution in [0.4, 0.5) is 8.78 Å². The van der Waals surface area contributed by atoms with Crippen LogP contribution < -0.4 is 0 Å². The van der Waals surface area contributed by atoms with Crippen molar-refractivity contribution in [2.24, 2.45) is 0 Å². The minimum Gasteiger partial charge on any atom is -0.461 e. The Kier molecular flexibility index (Phi) is 4.74. The van der Waals surface area contributed by atoms with E-state index < -0.39 is 11.9 Å². The topological polar surface area (TPSA) is 39.2 Å². The molecule has 0 N–H and O–H groups in total. The van der Waals surface area contributed by atoms with Gasteiger partial charge in [0, 0.05) is 16.8 Å². The van der Waals surface area contributed by atoms with Gasteiger partial charge in [0.15, 0.2) is 0 Å². The van der Waals surface area contributed by atoms with Gasteiger partial charge < -0.3 is 4.74 Å². The molecule has 6 heteroatoms. The first-order chi connectivity index (χ1) is 7.97. The number of aromatic nitrogens is 1. The fourth-order valence-electron chi connectivity index (χ4n) is 1.02. The largest absolute Gasteiger partial charge is 0.461 e. The number of alkyl halides is 2. The smallest absolute Gasteiger partial charge is 0.381 e. The van der Waals surface area contributed by atoms with Crippen LogP contribution in [0.3, 0.4) is 0 Å². The SMILES string of the molecule is CCOC(=O)C(F)(F)/C=C(\Br)c1ccccn1. The maximum Gasteiger partial charge on any atom is 0.381 e. The number of carbonyl (C=O) groups excluding carboxylic acids is 1. The van der Waals surface area contributed by atoms with Crippen molar-refractivity contribution in [3.8, 4) is 0 Å². The van der Waals surface area contributed by atoms with Gasteiger partial charge in [-0.15, -0.1) is 0 Å². The second kappa shape index (κ2) is 5.86. The van der Waals surface area contributed by atoms with E-state index in [2.05, 4.69) is 25.7 Å². The van der Waals surface area contributed by atoms with E-state index in [9.17, 15) is 13.6 Å². The first-order valence-electron chi connectivity index (χ1n) is 4.82. The highest BCUT2D eigenvalue weighted by molar-refractivity contribution is 9.15. The molecule has 0 unspecified atom stereocenters. The maximum absolute atomic E-state index is 13.3. The predicted octanol–water partition coefficient (Wildman–Crippen LogP) is 3.02. The molecule has 0 aromatic carbocycles. The van der Waals surface area contributed by atoms with E-state index in [1.54, 1.807) is 18.2 Å². The molecule has 1 aromatic rings. The minimum atomic E-state index is -3.67. The molecular formula is C11H10BrF2NO2. The van der Waals surface area contributed by atoms with Gasteiger partial charge in [-0.2, -0.15) is 8.78 Å². The molecule has 0 saturated carbocycles. The Labute approximate surface area is 106 Å². The molecule has 0 radical (unpaired) electrons. The number of halogens is 3. The van der Waals surface area contributed by atoms with Gasteiger partial charge in [0.05, 0.1) is 12.3 Å². The summed E-state index contributed by atoms with van der Waals surface area (Å²) in [6.45, 7) is 1.37. The highest BCUT2D eigenvalue weighted by atomic mass is 79.9. The molecule has 0 spiro atoms. The van der Waals surface area contributed by atoms with Crippen molar-refractivity contribution in [1.82, 2.24) is 4.98 Å². The summed E-state index contributed by atoms with van der Waals surface area (Å²) < 4.78 is 31.0. The van der Waals surface area contributed by atoms with Gasteiger partial charge in [0.2, 0.25) is 0 Å². The minimum absolute atomic E-state index is 0.0381. The van der Waals surface area contributed by atoms with Gasteiger partial charge in [-0.3, -0.25) is 4.98 Å². The third-order valence-electron chi connectivity index (χ3n) is 1.77. The molecule has 1 aromatic heterocycles. The molecule has 1 heterocycles. The van der Waals surface area contributed by atoms with Crippen LogP contribution in [0.2, 0.25) is 0 Å². The second-order valence-electron chi connectivity index (χ2n) is 3.05. The van der Waals surface area contributed by atoms with Crippen molar-refractivity contribution in [3.63, 3.8) is 0 Å². The van der Waals surface area contributed by atoms with E-state index >= 15 is 0 Å². The summed E-state index contributed by atoms with van der Waals surface area (Å²) in [5, 5.41) is 0. The number of ether oxygens (including phenoxy) is 1. The average molecular weight is 306 g/mol. The van der Waals surface area contributed by atoms with Gasteiger partial charge in [0.1, 0.15) is 0 Å². The Hall–Kier alpha value is -1.30. The Bertz CT molecular complexity index is 421. The number of nitrogens with zero attached hydrogens (tertiary/aromatic N) is 1. The number of pyridine rings is 1. The fraction of sp³-hybridized carbons (Fsp3) is 0.273. The van der Waals surface area contributed by atoms with Crippen molar-refractivity contribution >= 4 is 26.4 Å². The van der Waals surface area contributed by atoms with Crippen molar-refractivity contribution in [2.45, 2.75) is 12.8 Å². The van der Waals surface area contributed by atoms with E-state index in [1.165, 1.54) is 13.1 Å². The number of hydrogen-bond acceptors (Lipinski definition) is 3. The lowest BCUT2D eigenvalue weighted by atomic mass is 10.2. The lowest BCUT2D eigenvalue weighted by molar-refractivity contribution is -0.164. The van der Waals surface area contributed by atoms with Crippen LogP contribution in [-0.4, -0.2) is 23.5 Å². The van der Waals surface area contributed by atoms with Crippen molar-refractivity contribution in [2.75, 3.05) is 6.61 Å². The lowest BCUT2D eigenvalue weighted by Crippen LogP contribution is -2.28. The van der Waals surface area contributed by atoms with Gasteiger partial charge in [0.25, 0.3) is 0 Å². The summed E-state index contributed by atoms with van der Waals surface area (Å²) in [5.74, 6) is -5.25. The normalized spacial score (nSPS) is 12.4. The monoisotopic (exact) mass is 305 g/mol. The van der Waals surface area contributed by atoms with Crippen LogP contribution in [0.25, 0.3) is 4.48 Å². The molecule has 17 heavy (non-hydrogen) atoms. The Balaban J connectivity index is 2.91. The van der Waals surface area contributed by atoms with E-state index in [4.69, 9.17) is 0 Å². The zero-order chi connectivity index (χ0) is 12.9. The van der Waals surface area contributed by atoms with E-state index in [0.717, 1.165) is 0 Å². The molecule has 0 aliphatic heterocycles. The molecule has 0 aliphatic carbocycles. The second-order valence-corrected chi connectivity index (χ2v) is 3.91. The highest BCUT2D eigenvalue weighted by Gasteiger charge is 2.38. The van der Waals surface area contributed by atoms with Crippen LogP contribution in [0.15, 0.2) is 30.5 Å². The van der Waals surface area contributed by atoms with E-state index in [1.807, 2.05) is 0 Å². The molecule has 0 saturated heterocycles. The molecule has 0 fully saturated rings. The van der Waals surface area contributed by atoms with E-state index in [-0.39, 0.29) is 11.1 Å². The van der Waals surface area contributed by atoms with Crippen molar-refractivity contribution in [1.29, 1.82) is 0 Å². The number of hydrogen-bond donors (Lipinski definition) is 0. The highest BCUT2D eigenvalue weighted by Crippen LogP contribution is 2.27. The molecule has 92 valence electrons. The van der Waals surface area contributed by atoms with Crippen molar-refractivity contribution in [3.05, 3.63) is 36.2 Å². The average Bonchev–Trinajstić information content (AvgIpc) is 2.30. The molecule has 0 aliphatic rings. The van der Waals surface area contributed by atoms with E-state index in [0.29, 0.717) is 11.8 Å². The van der Waals surface area contributed by atoms with Crippen LogP contribution in [0, 0.1) is 0 Å². The zero-order valence-corrected chi connectivity index (χ0v) is 10.6. The number of rotatable bonds is 4. The van der Waals surface area contributed by atoms with Crippen LogP contribution in [-0.2, 0) is 9.53 Å².